The van der Waals surface area contributed by atoms with E-state index in [2.05, 4.69) is 15.6 Å². The smallest absolute Gasteiger partial charge is 0.239 e. The Morgan fingerprint density at radius 1 is 1.59 bits per heavy atom. The third-order valence-electron chi connectivity index (χ3n) is 2.23. The second-order valence-electron chi connectivity index (χ2n) is 3.55. The SMILES string of the molecule is CCC(CO)Nc1ccc(NC(=O)CCl)cn1. The molecule has 1 aromatic rings. The molecule has 5 nitrogen and oxygen atoms in total. The zero-order chi connectivity index (χ0) is 12.7. The largest absolute Gasteiger partial charge is 0.394 e. The lowest BCUT2D eigenvalue weighted by Gasteiger charge is -2.14. The van der Waals surface area contributed by atoms with Crippen molar-refractivity contribution in [3.05, 3.63) is 18.3 Å². The predicted molar refractivity (Wildman–Crippen MR) is 68.4 cm³/mol. The van der Waals surface area contributed by atoms with Gasteiger partial charge in [-0.15, -0.1) is 11.6 Å². The number of halogens is 1. The van der Waals surface area contributed by atoms with Gasteiger partial charge in [-0.25, -0.2) is 4.98 Å². The number of aliphatic hydroxyl groups is 1. The molecule has 0 bridgehead atoms. The Kier molecular flexibility index (Phi) is 5.72. The molecule has 0 radical (unpaired) electrons. The van der Waals surface area contributed by atoms with Crippen LogP contribution in [-0.2, 0) is 4.79 Å². The van der Waals surface area contributed by atoms with Gasteiger partial charge in [0.1, 0.15) is 11.7 Å². The highest BCUT2D eigenvalue weighted by atomic mass is 35.5. The highest BCUT2D eigenvalue weighted by Crippen LogP contribution is 2.11. The van der Waals surface area contributed by atoms with Gasteiger partial charge in [0, 0.05) is 0 Å². The first-order chi connectivity index (χ1) is 8.19. The van der Waals surface area contributed by atoms with Crippen LogP contribution in [0.15, 0.2) is 18.3 Å². The highest BCUT2D eigenvalue weighted by Gasteiger charge is 2.05. The fourth-order valence-corrected chi connectivity index (χ4v) is 1.30. The fraction of sp³-hybridized carbons (Fsp3) is 0.455. The van der Waals surface area contributed by atoms with Crippen LogP contribution >= 0.6 is 11.6 Å². The van der Waals surface area contributed by atoms with Gasteiger partial charge in [-0.1, -0.05) is 6.92 Å². The van der Waals surface area contributed by atoms with Gasteiger partial charge in [-0.05, 0) is 18.6 Å². The topological polar surface area (TPSA) is 74.2 Å². The summed E-state index contributed by atoms with van der Waals surface area (Å²) in [5.74, 6) is 0.313. The third kappa shape index (κ3) is 4.58. The second kappa shape index (κ2) is 7.09. The number of nitrogens with one attached hydrogen (secondary N) is 2. The number of hydrogen-bond donors (Lipinski definition) is 3. The molecule has 1 amide bonds. The van der Waals surface area contributed by atoms with E-state index in [1.54, 1.807) is 12.1 Å². The van der Waals surface area contributed by atoms with Gasteiger partial charge in [0.2, 0.25) is 5.91 Å². The number of rotatable bonds is 6. The van der Waals surface area contributed by atoms with Crippen LogP contribution in [0, 0.1) is 0 Å². The van der Waals surface area contributed by atoms with E-state index in [1.807, 2.05) is 6.92 Å². The van der Waals surface area contributed by atoms with Crippen molar-refractivity contribution in [3.8, 4) is 0 Å². The quantitative estimate of drug-likeness (QED) is 0.674. The molecule has 17 heavy (non-hydrogen) atoms. The van der Waals surface area contributed by atoms with Crippen LogP contribution in [0.2, 0.25) is 0 Å². The summed E-state index contributed by atoms with van der Waals surface area (Å²) in [5, 5.41) is 14.7. The highest BCUT2D eigenvalue weighted by molar-refractivity contribution is 6.29. The molecule has 1 atom stereocenters. The lowest BCUT2D eigenvalue weighted by Crippen LogP contribution is -2.23. The Labute approximate surface area is 105 Å². The number of nitrogens with zero attached hydrogens (tertiary/aromatic N) is 1. The summed E-state index contributed by atoms with van der Waals surface area (Å²) in [7, 11) is 0. The zero-order valence-electron chi connectivity index (χ0n) is 9.61. The van der Waals surface area contributed by atoms with E-state index in [0.29, 0.717) is 11.5 Å². The summed E-state index contributed by atoms with van der Waals surface area (Å²) in [4.78, 5) is 15.1. The van der Waals surface area contributed by atoms with Gasteiger partial charge in [0.25, 0.3) is 0 Å². The van der Waals surface area contributed by atoms with Crippen LogP contribution < -0.4 is 10.6 Å². The van der Waals surface area contributed by atoms with Crippen molar-refractivity contribution in [3.63, 3.8) is 0 Å². The van der Waals surface area contributed by atoms with Crippen LogP contribution in [-0.4, -0.2) is 34.5 Å². The average Bonchev–Trinajstić information content (AvgIpc) is 2.37. The van der Waals surface area contributed by atoms with Crippen LogP contribution in [0.1, 0.15) is 13.3 Å². The molecule has 0 saturated carbocycles. The number of aliphatic hydroxyl groups excluding tert-OH is 1. The monoisotopic (exact) mass is 257 g/mol. The van der Waals surface area contributed by atoms with Crippen molar-refractivity contribution >= 4 is 29.0 Å². The summed E-state index contributed by atoms with van der Waals surface area (Å²) in [6.07, 6.45) is 2.35. The molecule has 0 fully saturated rings. The molecule has 0 aliphatic rings. The molecule has 1 rings (SSSR count). The number of pyridine rings is 1. The lowest BCUT2D eigenvalue weighted by molar-refractivity contribution is -0.113. The number of anilines is 2. The van der Waals surface area contributed by atoms with E-state index in [4.69, 9.17) is 16.7 Å². The minimum Gasteiger partial charge on any atom is -0.394 e. The first-order valence-electron chi connectivity index (χ1n) is 5.38. The normalized spacial score (nSPS) is 11.9. The number of carbonyl (C=O) groups excluding carboxylic acids is 1. The maximum absolute atomic E-state index is 11.0. The summed E-state index contributed by atoms with van der Waals surface area (Å²) in [5.41, 5.74) is 0.596. The van der Waals surface area contributed by atoms with Crippen LogP contribution in [0.25, 0.3) is 0 Å². The van der Waals surface area contributed by atoms with Gasteiger partial charge >= 0.3 is 0 Å². The van der Waals surface area contributed by atoms with E-state index >= 15 is 0 Å². The molecule has 1 aromatic heterocycles. The molecule has 0 saturated heterocycles. The summed E-state index contributed by atoms with van der Waals surface area (Å²) in [6, 6.07) is 3.46. The molecule has 0 aliphatic carbocycles. The van der Waals surface area contributed by atoms with Gasteiger partial charge in [0.15, 0.2) is 0 Å². The first kappa shape index (κ1) is 13.7. The zero-order valence-corrected chi connectivity index (χ0v) is 10.4. The average molecular weight is 258 g/mol. The molecule has 0 spiro atoms. The van der Waals surface area contributed by atoms with Crippen LogP contribution in [0.3, 0.4) is 0 Å². The maximum atomic E-state index is 11.0. The molecule has 1 heterocycles. The van der Waals surface area contributed by atoms with Crippen molar-refractivity contribution in [1.82, 2.24) is 4.98 Å². The number of aromatic nitrogens is 1. The van der Waals surface area contributed by atoms with Crippen molar-refractivity contribution in [2.45, 2.75) is 19.4 Å². The molecule has 3 N–H and O–H groups in total. The van der Waals surface area contributed by atoms with Crippen molar-refractivity contribution in [2.24, 2.45) is 0 Å². The Bertz CT molecular complexity index is 352. The lowest BCUT2D eigenvalue weighted by atomic mass is 10.2. The third-order valence-corrected chi connectivity index (χ3v) is 2.48. The van der Waals surface area contributed by atoms with Gasteiger partial charge in [0.05, 0.1) is 24.5 Å². The van der Waals surface area contributed by atoms with E-state index < -0.39 is 0 Å². The molecular weight excluding hydrogens is 242 g/mol. The fourth-order valence-electron chi connectivity index (χ4n) is 1.23. The van der Waals surface area contributed by atoms with Gasteiger partial charge in [-0.3, -0.25) is 4.79 Å². The summed E-state index contributed by atoms with van der Waals surface area (Å²) in [6.45, 7) is 2.03. The van der Waals surface area contributed by atoms with Gasteiger partial charge in [-0.2, -0.15) is 0 Å². The molecule has 0 aliphatic heterocycles. The molecular formula is C11H16ClN3O2. The summed E-state index contributed by atoms with van der Waals surface area (Å²) < 4.78 is 0. The van der Waals surface area contributed by atoms with E-state index in [-0.39, 0.29) is 24.4 Å². The van der Waals surface area contributed by atoms with Crippen LogP contribution in [0.4, 0.5) is 11.5 Å². The molecule has 1 unspecified atom stereocenters. The first-order valence-corrected chi connectivity index (χ1v) is 5.92. The standard InChI is InChI=1S/C11H16ClN3O2/c1-2-8(7-16)14-10-4-3-9(6-13-10)15-11(17)5-12/h3-4,6,8,16H,2,5,7H2,1H3,(H,13,14)(H,15,17). The van der Waals surface area contributed by atoms with Crippen molar-refractivity contribution in [1.29, 1.82) is 0 Å². The van der Waals surface area contributed by atoms with Crippen molar-refractivity contribution in [2.75, 3.05) is 23.1 Å². The molecule has 94 valence electrons. The molecule has 6 heteroatoms. The Hall–Kier alpha value is -1.33. The van der Waals surface area contributed by atoms with E-state index in [9.17, 15) is 4.79 Å². The molecule has 0 aromatic carbocycles. The predicted octanol–water partition coefficient (Wildman–Crippen LogP) is 1.44. The minimum absolute atomic E-state index is 0.00853. The number of amides is 1. The minimum atomic E-state index is -0.268. The number of alkyl halides is 1. The number of carbonyl (C=O) groups is 1. The Balaban J connectivity index is 2.58. The Morgan fingerprint density at radius 2 is 2.35 bits per heavy atom. The Morgan fingerprint density at radius 3 is 2.82 bits per heavy atom. The summed E-state index contributed by atoms with van der Waals surface area (Å²) >= 11 is 5.37. The van der Waals surface area contributed by atoms with Crippen molar-refractivity contribution < 1.29 is 9.90 Å². The second-order valence-corrected chi connectivity index (χ2v) is 3.81. The van der Waals surface area contributed by atoms with Crippen LogP contribution in [0.5, 0.6) is 0 Å². The van der Waals surface area contributed by atoms with Gasteiger partial charge < -0.3 is 15.7 Å². The maximum Gasteiger partial charge on any atom is 0.239 e. The number of hydrogen-bond acceptors (Lipinski definition) is 4. The van der Waals surface area contributed by atoms with E-state index in [1.165, 1.54) is 6.20 Å². The van der Waals surface area contributed by atoms with E-state index in [0.717, 1.165) is 6.42 Å².